The molecule has 0 spiro atoms. The summed E-state index contributed by atoms with van der Waals surface area (Å²) in [6.45, 7) is 13.3. The predicted octanol–water partition coefficient (Wildman–Crippen LogP) is 5.51. The van der Waals surface area contributed by atoms with Crippen molar-refractivity contribution in [2.45, 2.75) is 26.8 Å². The Labute approximate surface area is 143 Å². The van der Waals surface area contributed by atoms with Crippen LogP contribution in [0.25, 0.3) is 26.9 Å². The summed E-state index contributed by atoms with van der Waals surface area (Å²) in [5.74, 6) is 0. The number of hydrogen-bond donors (Lipinski definition) is 0. The second-order valence-corrected chi connectivity index (χ2v) is 6.14. The Kier molecular flexibility index (Phi) is 4.69. The minimum absolute atomic E-state index is 0.684. The number of fused-ring (bicyclic) bond motifs is 1. The van der Waals surface area contributed by atoms with Crippen molar-refractivity contribution < 1.29 is 4.74 Å². The quantitative estimate of drug-likeness (QED) is 0.448. The number of ether oxygens (including phenoxy) is 1. The molecule has 3 rings (SSSR count). The topological polar surface area (TPSA) is 18.5 Å². The minimum Gasteiger partial charge on any atom is -0.385 e. The van der Waals surface area contributed by atoms with Gasteiger partial charge in [-0.15, -0.1) is 0 Å². The molecule has 0 aliphatic rings. The highest BCUT2D eigenvalue weighted by Crippen LogP contribution is 2.35. The molecule has 0 saturated heterocycles. The highest BCUT2D eigenvalue weighted by atomic mass is 16.5. The fraction of sp³-hybridized carbons (Fsp3) is 0.286. The maximum absolute atomic E-state index is 7.31. The number of hydrogen-bond acceptors (Lipinski definition) is 1. The minimum atomic E-state index is 0.684. The number of aromatic nitrogens is 1. The molecule has 0 aliphatic heterocycles. The molecule has 1 heterocycles. The van der Waals surface area contributed by atoms with Crippen molar-refractivity contribution in [2.75, 3.05) is 13.7 Å². The molecule has 0 fully saturated rings. The Bertz CT molecular complexity index is 915. The number of rotatable bonds is 5. The van der Waals surface area contributed by atoms with Gasteiger partial charge in [0, 0.05) is 37.5 Å². The molecule has 0 N–H and O–H groups in total. The van der Waals surface area contributed by atoms with Crippen LogP contribution in [0.2, 0.25) is 0 Å². The van der Waals surface area contributed by atoms with E-state index in [1.807, 2.05) is 12.1 Å². The monoisotopic (exact) mass is 318 g/mol. The highest BCUT2D eigenvalue weighted by Gasteiger charge is 2.13. The van der Waals surface area contributed by atoms with Crippen molar-refractivity contribution in [1.29, 1.82) is 0 Å². The summed E-state index contributed by atoms with van der Waals surface area (Å²) >= 11 is 0. The van der Waals surface area contributed by atoms with Gasteiger partial charge in [0.05, 0.1) is 6.57 Å². The first kappa shape index (κ1) is 16.3. The normalized spacial score (nSPS) is 10.9. The van der Waals surface area contributed by atoms with E-state index in [1.165, 1.54) is 27.8 Å². The van der Waals surface area contributed by atoms with E-state index in [0.29, 0.717) is 5.69 Å². The van der Waals surface area contributed by atoms with Crippen molar-refractivity contribution in [3.63, 3.8) is 0 Å². The summed E-state index contributed by atoms with van der Waals surface area (Å²) in [4.78, 5) is 3.60. The van der Waals surface area contributed by atoms with Crippen LogP contribution in [-0.4, -0.2) is 18.3 Å². The first-order chi connectivity index (χ1) is 11.7. The zero-order valence-corrected chi connectivity index (χ0v) is 14.5. The summed E-state index contributed by atoms with van der Waals surface area (Å²) in [5, 5.41) is 1.15. The van der Waals surface area contributed by atoms with Crippen molar-refractivity contribution in [1.82, 2.24) is 4.57 Å². The van der Waals surface area contributed by atoms with E-state index in [0.717, 1.165) is 25.0 Å². The van der Waals surface area contributed by atoms with Gasteiger partial charge in [0.15, 0.2) is 5.69 Å². The van der Waals surface area contributed by atoms with Gasteiger partial charge in [0.25, 0.3) is 0 Å². The Balaban J connectivity index is 2.19. The Morgan fingerprint density at radius 1 is 1.12 bits per heavy atom. The third-order valence-electron chi connectivity index (χ3n) is 4.64. The molecule has 0 saturated carbocycles. The Hall–Kier alpha value is -2.57. The van der Waals surface area contributed by atoms with Crippen molar-refractivity contribution in [2.24, 2.45) is 0 Å². The van der Waals surface area contributed by atoms with Crippen LogP contribution in [0.3, 0.4) is 0 Å². The largest absolute Gasteiger partial charge is 0.385 e. The molecule has 2 aromatic carbocycles. The van der Waals surface area contributed by atoms with E-state index < -0.39 is 0 Å². The van der Waals surface area contributed by atoms with E-state index >= 15 is 0 Å². The molecule has 3 aromatic rings. The SMILES string of the molecule is [C-]#[N+]c1ccc2c(c1)c(-c1cccc(C)c1C)cn2CCCOC. The van der Waals surface area contributed by atoms with Gasteiger partial charge in [0.1, 0.15) is 0 Å². The molecule has 0 radical (unpaired) electrons. The summed E-state index contributed by atoms with van der Waals surface area (Å²) in [7, 11) is 1.73. The predicted molar refractivity (Wildman–Crippen MR) is 99.6 cm³/mol. The number of aryl methyl sites for hydroxylation is 2. The lowest BCUT2D eigenvalue weighted by Gasteiger charge is -2.07. The van der Waals surface area contributed by atoms with Gasteiger partial charge in [-0.2, -0.15) is 0 Å². The van der Waals surface area contributed by atoms with Crippen molar-refractivity contribution in [3.05, 3.63) is 65.1 Å². The molecular formula is C21H22N2O. The first-order valence-electron chi connectivity index (χ1n) is 8.21. The lowest BCUT2D eigenvalue weighted by Crippen LogP contribution is -1.99. The summed E-state index contributed by atoms with van der Waals surface area (Å²) in [6, 6.07) is 12.4. The lowest BCUT2D eigenvalue weighted by molar-refractivity contribution is 0.190. The molecule has 0 atom stereocenters. The van der Waals surface area contributed by atoms with E-state index in [1.54, 1.807) is 7.11 Å². The molecule has 0 bridgehead atoms. The fourth-order valence-corrected chi connectivity index (χ4v) is 3.18. The van der Waals surface area contributed by atoms with Gasteiger partial charge in [-0.05, 0) is 54.5 Å². The molecule has 122 valence electrons. The molecular weight excluding hydrogens is 296 g/mol. The molecule has 0 aliphatic carbocycles. The molecule has 24 heavy (non-hydrogen) atoms. The average molecular weight is 318 g/mol. The Morgan fingerprint density at radius 2 is 1.96 bits per heavy atom. The average Bonchev–Trinajstić information content (AvgIpc) is 2.95. The maximum atomic E-state index is 7.31. The zero-order chi connectivity index (χ0) is 17.1. The molecule has 0 unspecified atom stereocenters. The smallest absolute Gasteiger partial charge is 0.188 e. The van der Waals surface area contributed by atoms with E-state index in [-0.39, 0.29) is 0 Å². The van der Waals surface area contributed by atoms with E-state index in [2.05, 4.69) is 53.7 Å². The lowest BCUT2D eigenvalue weighted by atomic mass is 9.97. The van der Waals surface area contributed by atoms with Crippen molar-refractivity contribution >= 4 is 16.6 Å². The van der Waals surface area contributed by atoms with Gasteiger partial charge in [-0.1, -0.05) is 24.3 Å². The number of nitrogens with zero attached hydrogens (tertiary/aromatic N) is 2. The van der Waals surface area contributed by atoms with Gasteiger partial charge in [0.2, 0.25) is 0 Å². The molecule has 3 nitrogen and oxygen atoms in total. The van der Waals surface area contributed by atoms with E-state index in [4.69, 9.17) is 11.3 Å². The third kappa shape index (κ3) is 2.93. The van der Waals surface area contributed by atoms with Gasteiger partial charge in [-0.25, -0.2) is 4.85 Å². The van der Waals surface area contributed by atoms with E-state index in [9.17, 15) is 0 Å². The van der Waals surface area contributed by atoms with Crippen LogP contribution in [0.15, 0.2) is 42.6 Å². The number of benzene rings is 2. The van der Waals surface area contributed by atoms with Crippen LogP contribution < -0.4 is 0 Å². The van der Waals surface area contributed by atoms with Crippen LogP contribution in [0.1, 0.15) is 17.5 Å². The van der Waals surface area contributed by atoms with Crippen LogP contribution in [0, 0.1) is 20.4 Å². The second-order valence-electron chi connectivity index (χ2n) is 6.14. The van der Waals surface area contributed by atoms with Crippen LogP contribution in [0.4, 0.5) is 5.69 Å². The summed E-state index contributed by atoms with van der Waals surface area (Å²) < 4.78 is 7.46. The second kappa shape index (κ2) is 6.90. The summed E-state index contributed by atoms with van der Waals surface area (Å²) in [6.07, 6.45) is 3.19. The highest BCUT2D eigenvalue weighted by molar-refractivity contribution is 5.98. The first-order valence-corrected chi connectivity index (χ1v) is 8.21. The third-order valence-corrected chi connectivity index (χ3v) is 4.64. The van der Waals surface area contributed by atoms with Crippen LogP contribution >= 0.6 is 0 Å². The molecule has 1 aromatic heterocycles. The molecule has 3 heteroatoms. The maximum Gasteiger partial charge on any atom is 0.188 e. The zero-order valence-electron chi connectivity index (χ0n) is 14.5. The van der Waals surface area contributed by atoms with Gasteiger partial charge < -0.3 is 9.30 Å². The van der Waals surface area contributed by atoms with Crippen LogP contribution in [0.5, 0.6) is 0 Å². The van der Waals surface area contributed by atoms with Gasteiger partial charge >= 0.3 is 0 Å². The fourth-order valence-electron chi connectivity index (χ4n) is 3.18. The van der Waals surface area contributed by atoms with Gasteiger partial charge in [-0.3, -0.25) is 0 Å². The summed E-state index contributed by atoms with van der Waals surface area (Å²) in [5.41, 5.74) is 6.88. The number of methoxy groups -OCH3 is 1. The van der Waals surface area contributed by atoms with Crippen LogP contribution in [-0.2, 0) is 11.3 Å². The molecule has 0 amide bonds. The Morgan fingerprint density at radius 3 is 2.71 bits per heavy atom. The van der Waals surface area contributed by atoms with Crippen molar-refractivity contribution in [3.8, 4) is 11.1 Å². The standard InChI is InChI=1S/C21H22N2O/c1-15-7-5-8-18(16(15)2)20-14-23(11-6-12-24-4)21-10-9-17(22-3)13-19(20)21/h5,7-10,13-14H,6,11-12H2,1-2,4H3.